The van der Waals surface area contributed by atoms with E-state index in [0.717, 1.165) is 11.0 Å². The van der Waals surface area contributed by atoms with Gasteiger partial charge in [-0.2, -0.15) is 0 Å². The zero-order chi connectivity index (χ0) is 8.10. The molecule has 0 unspecified atom stereocenters. The molecule has 0 saturated carbocycles. The van der Waals surface area contributed by atoms with Gasteiger partial charge in [-0.05, 0) is 17.8 Å². The van der Waals surface area contributed by atoms with E-state index >= 15 is 0 Å². The van der Waals surface area contributed by atoms with E-state index in [1.54, 1.807) is 0 Å². The highest BCUT2D eigenvalue weighted by molar-refractivity contribution is 7.78. The minimum atomic E-state index is 0.587. The molecule has 1 aromatic carbocycles. The van der Waals surface area contributed by atoms with Crippen LogP contribution in [-0.4, -0.2) is 13.0 Å². The molecular weight excluding hydrogens is 153 g/mol. The SMILES string of the molecule is [B]c1ccc(CN=C=S)cc1. The van der Waals surface area contributed by atoms with Gasteiger partial charge in [0.1, 0.15) is 7.85 Å². The van der Waals surface area contributed by atoms with Crippen LogP contribution >= 0.6 is 12.2 Å². The summed E-state index contributed by atoms with van der Waals surface area (Å²) < 4.78 is 0. The molecule has 0 aliphatic carbocycles. The van der Waals surface area contributed by atoms with Crippen molar-refractivity contribution in [1.82, 2.24) is 0 Å². The smallest absolute Gasteiger partial charge is 0.113 e. The van der Waals surface area contributed by atoms with E-state index in [9.17, 15) is 0 Å². The molecule has 0 spiro atoms. The number of nitrogens with zero attached hydrogens (tertiary/aromatic N) is 1. The quantitative estimate of drug-likeness (QED) is 0.357. The third-order valence-corrected chi connectivity index (χ3v) is 1.43. The molecule has 0 amide bonds. The number of hydrogen-bond donors (Lipinski definition) is 0. The van der Waals surface area contributed by atoms with Crippen LogP contribution in [0, 0.1) is 0 Å². The third kappa shape index (κ3) is 2.66. The molecular formula is C8H6BNS. The van der Waals surface area contributed by atoms with Crippen LogP contribution in [0.3, 0.4) is 0 Å². The monoisotopic (exact) mass is 159 g/mol. The first kappa shape index (κ1) is 8.18. The largest absolute Gasteiger partial charge is 0.228 e. The summed E-state index contributed by atoms with van der Waals surface area (Å²) in [6.07, 6.45) is 0. The van der Waals surface area contributed by atoms with Crippen LogP contribution in [0.25, 0.3) is 0 Å². The predicted octanol–water partition coefficient (Wildman–Crippen LogP) is 1.08. The number of thiocarbonyl (C=S) groups is 1. The molecule has 0 aliphatic rings. The van der Waals surface area contributed by atoms with Gasteiger partial charge in [0.2, 0.25) is 0 Å². The second-order valence-corrected chi connectivity index (χ2v) is 2.33. The molecule has 0 aromatic heterocycles. The summed E-state index contributed by atoms with van der Waals surface area (Å²) >= 11 is 4.44. The van der Waals surface area contributed by atoms with Gasteiger partial charge in [-0.25, -0.2) is 4.99 Å². The van der Waals surface area contributed by atoms with E-state index in [2.05, 4.69) is 22.4 Å². The highest BCUT2D eigenvalue weighted by Crippen LogP contribution is 1.97. The molecule has 0 N–H and O–H groups in total. The second kappa shape index (κ2) is 4.07. The lowest BCUT2D eigenvalue weighted by molar-refractivity contribution is 1.08. The summed E-state index contributed by atoms with van der Waals surface area (Å²) in [7, 11) is 5.49. The van der Waals surface area contributed by atoms with Gasteiger partial charge in [0.25, 0.3) is 0 Å². The van der Waals surface area contributed by atoms with Gasteiger partial charge in [0.05, 0.1) is 11.7 Å². The van der Waals surface area contributed by atoms with Crippen molar-refractivity contribution in [1.29, 1.82) is 0 Å². The van der Waals surface area contributed by atoms with Crippen molar-refractivity contribution in [3.63, 3.8) is 0 Å². The Labute approximate surface area is 72.6 Å². The first-order chi connectivity index (χ1) is 5.33. The van der Waals surface area contributed by atoms with Crippen molar-refractivity contribution < 1.29 is 0 Å². The second-order valence-electron chi connectivity index (χ2n) is 2.15. The van der Waals surface area contributed by atoms with Gasteiger partial charge in [-0.1, -0.05) is 29.7 Å². The Morgan fingerprint density at radius 2 is 2.00 bits per heavy atom. The molecule has 0 saturated heterocycles. The maximum absolute atomic E-state index is 5.49. The Kier molecular flexibility index (Phi) is 3.03. The summed E-state index contributed by atoms with van der Waals surface area (Å²) in [5, 5.41) is 2.31. The Balaban J connectivity index is 2.73. The number of aliphatic imine (C=N–C) groups is 1. The van der Waals surface area contributed by atoms with Crippen LogP contribution in [0.5, 0.6) is 0 Å². The van der Waals surface area contributed by atoms with Gasteiger partial charge in [0.15, 0.2) is 0 Å². The van der Waals surface area contributed by atoms with Crippen molar-refractivity contribution in [3.8, 4) is 0 Å². The topological polar surface area (TPSA) is 12.4 Å². The maximum atomic E-state index is 5.49. The van der Waals surface area contributed by atoms with Gasteiger partial charge >= 0.3 is 0 Å². The summed E-state index contributed by atoms with van der Waals surface area (Å²) in [5.41, 5.74) is 1.86. The van der Waals surface area contributed by atoms with Crippen molar-refractivity contribution in [2.45, 2.75) is 6.54 Å². The standard InChI is InChI=1S/C8H6BNS/c9-8-3-1-7(2-4-8)5-10-6-11/h1-4H,5H2. The van der Waals surface area contributed by atoms with E-state index in [1.165, 1.54) is 0 Å². The zero-order valence-electron chi connectivity index (χ0n) is 5.95. The molecule has 52 valence electrons. The molecule has 0 fully saturated rings. The average Bonchev–Trinajstić information content (AvgIpc) is 2.04. The Bertz CT molecular complexity index is 275. The van der Waals surface area contributed by atoms with Gasteiger partial charge < -0.3 is 0 Å². The third-order valence-electron chi connectivity index (χ3n) is 1.31. The fourth-order valence-electron chi connectivity index (χ4n) is 0.747. The maximum Gasteiger partial charge on any atom is 0.113 e. The highest BCUT2D eigenvalue weighted by Gasteiger charge is 1.87. The summed E-state index contributed by atoms with van der Waals surface area (Å²) in [5.74, 6) is 0. The molecule has 0 atom stereocenters. The summed E-state index contributed by atoms with van der Waals surface area (Å²) in [4.78, 5) is 3.80. The fraction of sp³-hybridized carbons (Fsp3) is 0.125. The minimum absolute atomic E-state index is 0.587. The molecule has 1 nitrogen and oxygen atoms in total. The van der Waals surface area contributed by atoms with Gasteiger partial charge in [-0.15, -0.1) is 0 Å². The lowest BCUT2D eigenvalue weighted by Gasteiger charge is -1.94. The Hall–Kier alpha value is -0.915. The van der Waals surface area contributed by atoms with E-state index in [1.807, 2.05) is 24.3 Å². The van der Waals surface area contributed by atoms with Crippen LogP contribution in [0.15, 0.2) is 29.3 Å². The van der Waals surface area contributed by atoms with Crippen LogP contribution in [0.4, 0.5) is 0 Å². The van der Waals surface area contributed by atoms with E-state index in [4.69, 9.17) is 7.85 Å². The number of benzene rings is 1. The first-order valence-corrected chi connectivity index (χ1v) is 3.62. The molecule has 1 aromatic rings. The fourth-order valence-corrected chi connectivity index (χ4v) is 0.811. The summed E-state index contributed by atoms with van der Waals surface area (Å²) in [6, 6.07) is 7.53. The molecule has 0 aliphatic heterocycles. The molecule has 2 radical (unpaired) electrons. The minimum Gasteiger partial charge on any atom is -0.228 e. The molecule has 3 heteroatoms. The van der Waals surface area contributed by atoms with Crippen LogP contribution in [0.2, 0.25) is 0 Å². The zero-order valence-corrected chi connectivity index (χ0v) is 6.77. The number of hydrogen-bond acceptors (Lipinski definition) is 2. The lowest BCUT2D eigenvalue weighted by Crippen LogP contribution is -1.99. The van der Waals surface area contributed by atoms with Gasteiger partial charge in [-0.3, -0.25) is 0 Å². The molecule has 11 heavy (non-hydrogen) atoms. The van der Waals surface area contributed by atoms with Crippen LogP contribution < -0.4 is 5.46 Å². The highest BCUT2D eigenvalue weighted by atomic mass is 32.1. The van der Waals surface area contributed by atoms with E-state index in [0.29, 0.717) is 6.54 Å². The number of rotatable bonds is 2. The van der Waals surface area contributed by atoms with Crippen LogP contribution in [0.1, 0.15) is 5.56 Å². The molecule has 0 bridgehead atoms. The average molecular weight is 159 g/mol. The van der Waals surface area contributed by atoms with Gasteiger partial charge in [0, 0.05) is 0 Å². The van der Waals surface area contributed by atoms with E-state index < -0.39 is 0 Å². The van der Waals surface area contributed by atoms with Crippen molar-refractivity contribution in [3.05, 3.63) is 29.8 Å². The normalized spacial score (nSPS) is 8.73. The number of isothiocyanates is 1. The predicted molar refractivity (Wildman–Crippen MR) is 50.6 cm³/mol. The van der Waals surface area contributed by atoms with E-state index in [-0.39, 0.29) is 0 Å². The van der Waals surface area contributed by atoms with Crippen molar-refractivity contribution >= 4 is 30.7 Å². The Morgan fingerprint density at radius 3 is 2.55 bits per heavy atom. The van der Waals surface area contributed by atoms with Crippen molar-refractivity contribution in [2.75, 3.05) is 0 Å². The van der Waals surface area contributed by atoms with Crippen LogP contribution in [-0.2, 0) is 6.54 Å². The summed E-state index contributed by atoms with van der Waals surface area (Å²) in [6.45, 7) is 0.587. The molecule has 0 heterocycles. The Morgan fingerprint density at radius 1 is 1.36 bits per heavy atom. The van der Waals surface area contributed by atoms with Crippen molar-refractivity contribution in [2.24, 2.45) is 4.99 Å². The molecule has 1 rings (SSSR count). The lowest BCUT2D eigenvalue weighted by atomic mass is 9.95. The first-order valence-electron chi connectivity index (χ1n) is 3.21.